The average Bonchev–Trinajstić information content (AvgIpc) is 3.12. The molecule has 0 aliphatic carbocycles. The van der Waals surface area contributed by atoms with Crippen LogP contribution >= 0.6 is 11.8 Å². The molecule has 1 saturated heterocycles. The maximum atomic E-state index is 12.6. The van der Waals surface area contributed by atoms with E-state index >= 15 is 0 Å². The van der Waals surface area contributed by atoms with Crippen LogP contribution < -0.4 is 5.32 Å². The fourth-order valence-corrected chi connectivity index (χ4v) is 3.53. The van der Waals surface area contributed by atoms with Gasteiger partial charge in [-0.05, 0) is 36.4 Å². The van der Waals surface area contributed by atoms with Crippen LogP contribution in [0.3, 0.4) is 0 Å². The molecular weight excluding hydrogens is 324 g/mol. The van der Waals surface area contributed by atoms with Gasteiger partial charge in [0.2, 0.25) is 5.91 Å². The molecule has 6 nitrogen and oxygen atoms in total. The molecule has 3 rings (SSSR count). The quantitative estimate of drug-likeness (QED) is 0.926. The molecule has 0 saturated carbocycles. The van der Waals surface area contributed by atoms with Crippen molar-refractivity contribution < 1.29 is 9.59 Å². The van der Waals surface area contributed by atoms with E-state index in [1.54, 1.807) is 65.5 Å². The molecule has 0 bridgehead atoms. The van der Waals surface area contributed by atoms with Gasteiger partial charge in [-0.1, -0.05) is 0 Å². The first kappa shape index (κ1) is 16.0. The van der Waals surface area contributed by atoms with Gasteiger partial charge < -0.3 is 10.2 Å². The van der Waals surface area contributed by atoms with Crippen molar-refractivity contribution in [2.45, 2.75) is 6.04 Å². The molecule has 1 aromatic heterocycles. The van der Waals surface area contributed by atoms with Crippen molar-refractivity contribution >= 4 is 29.3 Å². The molecule has 120 valence electrons. The molecule has 1 aliphatic heterocycles. The number of rotatable bonds is 3. The van der Waals surface area contributed by atoms with Crippen LogP contribution in [0.5, 0.6) is 0 Å². The molecule has 1 aliphatic rings. The fourth-order valence-electron chi connectivity index (χ4n) is 2.37. The summed E-state index contributed by atoms with van der Waals surface area (Å²) in [6.07, 6.45) is 3.12. The summed E-state index contributed by atoms with van der Waals surface area (Å²) in [5.41, 5.74) is 1.65. The van der Waals surface area contributed by atoms with E-state index in [0.717, 1.165) is 0 Å². The first-order valence-electron chi connectivity index (χ1n) is 7.29. The van der Waals surface area contributed by atoms with Gasteiger partial charge in [0.1, 0.15) is 6.04 Å². The van der Waals surface area contributed by atoms with Gasteiger partial charge in [0.25, 0.3) is 5.91 Å². The number of benzene rings is 1. The Morgan fingerprint density at radius 3 is 2.58 bits per heavy atom. The van der Waals surface area contributed by atoms with Gasteiger partial charge in [-0.15, -0.1) is 11.8 Å². The molecular formula is C17H14N4O2S. The number of amides is 2. The third-order valence-electron chi connectivity index (χ3n) is 3.65. The molecule has 1 N–H and O–H groups in total. The Morgan fingerprint density at radius 1 is 1.21 bits per heavy atom. The monoisotopic (exact) mass is 338 g/mol. The summed E-state index contributed by atoms with van der Waals surface area (Å²) < 4.78 is 0. The van der Waals surface area contributed by atoms with Crippen LogP contribution in [0.4, 0.5) is 5.69 Å². The molecule has 7 heteroatoms. The Hall–Kier alpha value is -2.85. The highest BCUT2D eigenvalue weighted by Crippen LogP contribution is 2.24. The van der Waals surface area contributed by atoms with Crippen LogP contribution in [0.2, 0.25) is 0 Å². The van der Waals surface area contributed by atoms with E-state index < -0.39 is 6.04 Å². The largest absolute Gasteiger partial charge is 0.324 e. The van der Waals surface area contributed by atoms with Gasteiger partial charge in [-0.2, -0.15) is 5.26 Å². The fraction of sp³-hybridized carbons (Fsp3) is 0.176. The summed E-state index contributed by atoms with van der Waals surface area (Å²) in [6, 6.07) is 11.4. The summed E-state index contributed by atoms with van der Waals surface area (Å²) >= 11 is 1.54. The zero-order chi connectivity index (χ0) is 16.9. The predicted molar refractivity (Wildman–Crippen MR) is 91.3 cm³/mol. The number of carbonyl (C=O) groups is 2. The van der Waals surface area contributed by atoms with Crippen LogP contribution in [0.1, 0.15) is 15.9 Å². The second kappa shape index (κ2) is 7.15. The molecule has 0 spiro atoms. The summed E-state index contributed by atoms with van der Waals surface area (Å²) in [5.74, 6) is 0.625. The maximum absolute atomic E-state index is 12.6. The maximum Gasteiger partial charge on any atom is 0.255 e. The van der Waals surface area contributed by atoms with Gasteiger partial charge in [0.15, 0.2) is 0 Å². The van der Waals surface area contributed by atoms with Gasteiger partial charge in [0.05, 0.1) is 17.5 Å². The zero-order valence-corrected chi connectivity index (χ0v) is 13.5. The van der Waals surface area contributed by atoms with E-state index in [2.05, 4.69) is 10.3 Å². The van der Waals surface area contributed by atoms with Crippen LogP contribution in [-0.4, -0.2) is 39.4 Å². The Balaban J connectivity index is 1.71. The highest BCUT2D eigenvalue weighted by molar-refractivity contribution is 7.99. The summed E-state index contributed by atoms with van der Waals surface area (Å²) in [6.45, 7) is 0. The number of hydrogen-bond acceptors (Lipinski definition) is 5. The number of hydrogen-bond donors (Lipinski definition) is 1. The average molecular weight is 338 g/mol. The summed E-state index contributed by atoms with van der Waals surface area (Å²) in [5, 5.41) is 11.6. The van der Waals surface area contributed by atoms with Crippen molar-refractivity contribution in [3.8, 4) is 6.07 Å². The molecule has 1 unspecified atom stereocenters. The number of thioether (sulfide) groups is 1. The molecule has 0 radical (unpaired) electrons. The van der Waals surface area contributed by atoms with Crippen LogP contribution in [-0.2, 0) is 4.79 Å². The third-order valence-corrected chi connectivity index (χ3v) is 4.67. The Bertz CT molecular complexity index is 786. The van der Waals surface area contributed by atoms with E-state index in [1.165, 1.54) is 0 Å². The Kier molecular flexibility index (Phi) is 4.77. The van der Waals surface area contributed by atoms with Crippen LogP contribution in [0.25, 0.3) is 0 Å². The number of carbonyl (C=O) groups excluding carboxylic acids is 2. The van der Waals surface area contributed by atoms with Crippen molar-refractivity contribution in [2.75, 3.05) is 16.9 Å². The van der Waals surface area contributed by atoms with Gasteiger partial charge in [-0.25, -0.2) is 0 Å². The number of pyridine rings is 1. The minimum absolute atomic E-state index is 0.178. The third kappa shape index (κ3) is 3.39. The number of nitriles is 1. The lowest BCUT2D eigenvalue weighted by Crippen LogP contribution is -2.44. The van der Waals surface area contributed by atoms with Crippen molar-refractivity contribution in [1.82, 2.24) is 9.88 Å². The normalized spacial score (nSPS) is 16.5. The summed E-state index contributed by atoms with van der Waals surface area (Å²) in [4.78, 5) is 30.6. The van der Waals surface area contributed by atoms with E-state index in [9.17, 15) is 9.59 Å². The second-order valence-electron chi connectivity index (χ2n) is 5.20. The Labute approximate surface area is 143 Å². The predicted octanol–water partition coefficient (Wildman–Crippen LogP) is 2.11. The number of anilines is 1. The number of nitrogens with one attached hydrogen (secondary N) is 1. The van der Waals surface area contributed by atoms with E-state index in [0.29, 0.717) is 28.4 Å². The first-order chi connectivity index (χ1) is 11.7. The molecule has 2 heterocycles. The summed E-state index contributed by atoms with van der Waals surface area (Å²) in [7, 11) is 0. The SMILES string of the molecule is N#Cc1ccc(NC(=O)C2CSCN2C(=O)c2ccncc2)cc1. The van der Waals surface area contributed by atoms with Gasteiger partial charge >= 0.3 is 0 Å². The number of aromatic nitrogens is 1. The molecule has 1 aromatic carbocycles. The lowest BCUT2D eigenvalue weighted by molar-refractivity contribution is -0.119. The van der Waals surface area contributed by atoms with Gasteiger partial charge in [0, 0.05) is 29.4 Å². The van der Waals surface area contributed by atoms with Crippen molar-refractivity contribution in [2.24, 2.45) is 0 Å². The molecule has 2 amide bonds. The highest BCUT2D eigenvalue weighted by atomic mass is 32.2. The first-order valence-corrected chi connectivity index (χ1v) is 8.44. The lowest BCUT2D eigenvalue weighted by Gasteiger charge is -2.23. The standard InChI is InChI=1S/C17H14N4O2S/c18-9-12-1-3-14(4-2-12)20-16(22)15-10-24-11-21(15)17(23)13-5-7-19-8-6-13/h1-8,15H,10-11H2,(H,20,22). The minimum Gasteiger partial charge on any atom is -0.324 e. The van der Waals surface area contributed by atoms with Crippen molar-refractivity contribution in [3.05, 3.63) is 59.9 Å². The topological polar surface area (TPSA) is 86.1 Å². The van der Waals surface area contributed by atoms with Crippen molar-refractivity contribution in [3.63, 3.8) is 0 Å². The number of nitrogens with zero attached hydrogens (tertiary/aromatic N) is 3. The zero-order valence-electron chi connectivity index (χ0n) is 12.7. The second-order valence-corrected chi connectivity index (χ2v) is 6.20. The smallest absolute Gasteiger partial charge is 0.255 e. The van der Waals surface area contributed by atoms with E-state index in [1.807, 2.05) is 6.07 Å². The molecule has 24 heavy (non-hydrogen) atoms. The Morgan fingerprint density at radius 2 is 1.92 bits per heavy atom. The molecule has 1 atom stereocenters. The van der Waals surface area contributed by atoms with E-state index in [-0.39, 0.29) is 11.8 Å². The van der Waals surface area contributed by atoms with Crippen LogP contribution in [0, 0.1) is 11.3 Å². The lowest BCUT2D eigenvalue weighted by atomic mass is 10.2. The minimum atomic E-state index is -0.522. The molecule has 2 aromatic rings. The van der Waals surface area contributed by atoms with Crippen molar-refractivity contribution in [1.29, 1.82) is 5.26 Å². The van der Waals surface area contributed by atoms with Gasteiger partial charge in [-0.3, -0.25) is 14.6 Å². The highest BCUT2D eigenvalue weighted by Gasteiger charge is 2.35. The molecule has 1 fully saturated rings. The van der Waals surface area contributed by atoms with Crippen LogP contribution in [0.15, 0.2) is 48.8 Å². The van der Waals surface area contributed by atoms with E-state index in [4.69, 9.17) is 5.26 Å².